The lowest BCUT2D eigenvalue weighted by atomic mass is 9.91. The van der Waals surface area contributed by atoms with Gasteiger partial charge < -0.3 is 10.4 Å². The van der Waals surface area contributed by atoms with Crippen LogP contribution in [0, 0.1) is 12.3 Å². The zero-order chi connectivity index (χ0) is 16.2. The number of pyridine rings is 1. The number of halogens is 1. The first-order valence-corrected chi connectivity index (χ1v) is 6.68. The van der Waals surface area contributed by atoms with Crippen LogP contribution in [0.1, 0.15) is 43.2 Å². The summed E-state index contributed by atoms with van der Waals surface area (Å²) in [6, 6.07) is 1.85. The second-order valence-electron chi connectivity index (χ2n) is 5.59. The van der Waals surface area contributed by atoms with Crippen LogP contribution < -0.4 is 5.32 Å². The Morgan fingerprint density at radius 2 is 2.10 bits per heavy atom. The summed E-state index contributed by atoms with van der Waals surface area (Å²) >= 11 is 5.92. The quantitative estimate of drug-likeness (QED) is 0.660. The molecule has 0 bridgehead atoms. The van der Waals surface area contributed by atoms with Crippen LogP contribution in [0.25, 0.3) is 0 Å². The maximum absolute atomic E-state index is 12.1. The molecule has 0 saturated heterocycles. The highest BCUT2D eigenvalue weighted by molar-refractivity contribution is 6.29. The lowest BCUT2D eigenvalue weighted by molar-refractivity contribution is -0.139. The lowest BCUT2D eigenvalue weighted by Gasteiger charge is -2.19. The van der Waals surface area contributed by atoms with E-state index in [1.165, 1.54) is 6.07 Å². The SMILES string of the molecule is C#CCC(NC(=O)c1cc(Cl)nc(C(C)(C)C)c1)C(=O)O. The molecule has 1 heterocycles. The third-order valence-corrected chi connectivity index (χ3v) is 2.94. The molecule has 1 amide bonds. The fourth-order valence-corrected chi connectivity index (χ4v) is 1.78. The molecule has 0 aromatic carbocycles. The van der Waals surface area contributed by atoms with Crippen LogP contribution in [0.15, 0.2) is 12.1 Å². The predicted octanol–water partition coefficient (Wildman–Crippen LogP) is 2.24. The Morgan fingerprint density at radius 3 is 2.57 bits per heavy atom. The molecule has 5 nitrogen and oxygen atoms in total. The van der Waals surface area contributed by atoms with E-state index in [1.54, 1.807) is 6.07 Å². The molecule has 21 heavy (non-hydrogen) atoms. The molecule has 0 spiro atoms. The Balaban J connectivity index is 3.05. The fraction of sp³-hybridized carbons (Fsp3) is 0.400. The van der Waals surface area contributed by atoms with Crippen molar-refractivity contribution in [2.45, 2.75) is 38.6 Å². The summed E-state index contributed by atoms with van der Waals surface area (Å²) in [5.41, 5.74) is 0.609. The molecule has 1 unspecified atom stereocenters. The van der Waals surface area contributed by atoms with Crippen LogP contribution in [-0.2, 0) is 10.2 Å². The smallest absolute Gasteiger partial charge is 0.327 e. The van der Waals surface area contributed by atoms with Crippen LogP contribution >= 0.6 is 11.6 Å². The summed E-state index contributed by atoms with van der Waals surface area (Å²) in [5.74, 6) is 0.487. The Hall–Kier alpha value is -2.06. The first-order valence-electron chi connectivity index (χ1n) is 6.30. The minimum atomic E-state index is -1.18. The van der Waals surface area contributed by atoms with Gasteiger partial charge in [0.1, 0.15) is 11.2 Å². The van der Waals surface area contributed by atoms with E-state index in [0.29, 0.717) is 5.69 Å². The van der Waals surface area contributed by atoms with Gasteiger partial charge in [-0.2, -0.15) is 0 Å². The number of nitrogens with zero attached hydrogens (tertiary/aromatic N) is 1. The Labute approximate surface area is 128 Å². The number of rotatable bonds is 4. The monoisotopic (exact) mass is 308 g/mol. The van der Waals surface area contributed by atoms with Crippen molar-refractivity contribution in [1.82, 2.24) is 10.3 Å². The van der Waals surface area contributed by atoms with Gasteiger partial charge in [-0.3, -0.25) is 4.79 Å². The number of aromatic nitrogens is 1. The number of aliphatic carboxylic acids is 1. The lowest BCUT2D eigenvalue weighted by Crippen LogP contribution is -2.40. The van der Waals surface area contributed by atoms with E-state index in [0.717, 1.165) is 0 Å². The van der Waals surface area contributed by atoms with Crippen LogP contribution in [0.5, 0.6) is 0 Å². The summed E-state index contributed by atoms with van der Waals surface area (Å²) in [5, 5.41) is 11.5. The number of amides is 1. The summed E-state index contributed by atoms with van der Waals surface area (Å²) < 4.78 is 0. The number of hydrogen-bond acceptors (Lipinski definition) is 3. The van der Waals surface area contributed by atoms with Crippen molar-refractivity contribution in [1.29, 1.82) is 0 Å². The molecule has 1 aromatic heterocycles. The molecule has 1 atom stereocenters. The fourth-order valence-electron chi connectivity index (χ4n) is 1.57. The molecule has 0 fully saturated rings. The zero-order valence-corrected chi connectivity index (χ0v) is 12.9. The van der Waals surface area contributed by atoms with Gasteiger partial charge in [0, 0.05) is 23.1 Å². The van der Waals surface area contributed by atoms with Gasteiger partial charge in [-0.05, 0) is 12.1 Å². The standard InChI is InChI=1S/C15H17ClN2O3/c1-5-6-10(14(20)21)17-13(19)9-7-11(15(2,3)4)18-12(16)8-9/h1,7-8,10H,6H2,2-4H3,(H,17,19)(H,20,21). The van der Waals surface area contributed by atoms with E-state index in [4.69, 9.17) is 23.1 Å². The number of nitrogens with one attached hydrogen (secondary N) is 1. The average Bonchev–Trinajstić information content (AvgIpc) is 2.36. The maximum atomic E-state index is 12.1. The largest absolute Gasteiger partial charge is 0.480 e. The Morgan fingerprint density at radius 1 is 1.48 bits per heavy atom. The van der Waals surface area contributed by atoms with Crippen molar-refractivity contribution < 1.29 is 14.7 Å². The number of carboxylic acid groups (broad SMARTS) is 1. The van der Waals surface area contributed by atoms with E-state index < -0.39 is 17.9 Å². The Kier molecular flexibility index (Phi) is 5.34. The third kappa shape index (κ3) is 4.76. The van der Waals surface area contributed by atoms with Crippen molar-refractivity contribution in [3.05, 3.63) is 28.5 Å². The summed E-state index contributed by atoms with van der Waals surface area (Å²) in [6.07, 6.45) is 5.00. The molecule has 2 N–H and O–H groups in total. The first-order chi connectivity index (χ1) is 9.65. The number of terminal acetylenes is 1. The van der Waals surface area contributed by atoms with Gasteiger partial charge in [-0.25, -0.2) is 9.78 Å². The molecule has 1 aromatic rings. The summed E-state index contributed by atoms with van der Waals surface area (Å²) in [4.78, 5) is 27.3. The molecule has 0 aliphatic rings. The van der Waals surface area contributed by atoms with Gasteiger partial charge in [-0.1, -0.05) is 32.4 Å². The molecular formula is C15H17ClN2O3. The van der Waals surface area contributed by atoms with Crippen LogP contribution in [-0.4, -0.2) is 28.0 Å². The van der Waals surface area contributed by atoms with Crippen LogP contribution in [0.2, 0.25) is 5.15 Å². The highest BCUT2D eigenvalue weighted by atomic mass is 35.5. The van der Waals surface area contributed by atoms with Crippen molar-refractivity contribution in [3.63, 3.8) is 0 Å². The number of carbonyl (C=O) groups is 2. The van der Waals surface area contributed by atoms with Gasteiger partial charge in [0.25, 0.3) is 5.91 Å². The third-order valence-electron chi connectivity index (χ3n) is 2.75. The number of hydrogen-bond donors (Lipinski definition) is 2. The second kappa shape index (κ2) is 6.59. The molecule has 112 valence electrons. The predicted molar refractivity (Wildman–Crippen MR) is 80.3 cm³/mol. The average molecular weight is 309 g/mol. The zero-order valence-electron chi connectivity index (χ0n) is 12.1. The number of carbonyl (C=O) groups excluding carboxylic acids is 1. The van der Waals surface area contributed by atoms with E-state index in [9.17, 15) is 9.59 Å². The molecule has 0 aliphatic heterocycles. The van der Waals surface area contributed by atoms with Gasteiger partial charge >= 0.3 is 5.97 Å². The summed E-state index contributed by atoms with van der Waals surface area (Å²) in [7, 11) is 0. The number of carboxylic acids is 1. The van der Waals surface area contributed by atoms with Gasteiger partial charge in [0.05, 0.1) is 0 Å². The van der Waals surface area contributed by atoms with Crippen LogP contribution in [0.4, 0.5) is 0 Å². The molecule has 0 aliphatic carbocycles. The van der Waals surface area contributed by atoms with Gasteiger partial charge in [0.2, 0.25) is 0 Å². The molecule has 0 radical (unpaired) electrons. The first kappa shape index (κ1) is 17.0. The molecular weight excluding hydrogens is 292 g/mol. The van der Waals surface area contributed by atoms with Crippen LogP contribution in [0.3, 0.4) is 0 Å². The normalized spacial score (nSPS) is 12.3. The molecule has 1 rings (SSSR count). The molecule has 0 saturated carbocycles. The van der Waals surface area contributed by atoms with Gasteiger partial charge in [-0.15, -0.1) is 12.3 Å². The minimum Gasteiger partial charge on any atom is -0.480 e. The van der Waals surface area contributed by atoms with E-state index in [2.05, 4.69) is 16.2 Å². The Bertz CT molecular complexity index is 600. The maximum Gasteiger partial charge on any atom is 0.327 e. The highest BCUT2D eigenvalue weighted by Crippen LogP contribution is 2.23. The van der Waals surface area contributed by atoms with E-state index in [-0.39, 0.29) is 22.6 Å². The molecule has 6 heteroatoms. The van der Waals surface area contributed by atoms with Crippen molar-refractivity contribution in [2.24, 2.45) is 0 Å². The second-order valence-corrected chi connectivity index (χ2v) is 5.97. The minimum absolute atomic E-state index is 0.0913. The van der Waals surface area contributed by atoms with Crippen molar-refractivity contribution in [3.8, 4) is 12.3 Å². The summed E-state index contributed by atoms with van der Waals surface area (Å²) in [6.45, 7) is 5.81. The van der Waals surface area contributed by atoms with E-state index in [1.807, 2.05) is 20.8 Å². The van der Waals surface area contributed by atoms with Gasteiger partial charge in [0.15, 0.2) is 0 Å². The van der Waals surface area contributed by atoms with Crippen molar-refractivity contribution in [2.75, 3.05) is 0 Å². The van der Waals surface area contributed by atoms with Crippen molar-refractivity contribution >= 4 is 23.5 Å². The highest BCUT2D eigenvalue weighted by Gasteiger charge is 2.22. The van der Waals surface area contributed by atoms with E-state index >= 15 is 0 Å². The topological polar surface area (TPSA) is 79.3 Å².